The van der Waals surface area contributed by atoms with Gasteiger partial charge in [0.25, 0.3) is 0 Å². The summed E-state index contributed by atoms with van der Waals surface area (Å²) < 4.78 is 13.7. The molecule has 0 spiro atoms. The zero-order chi connectivity index (χ0) is 27.3. The number of nitrogens with zero attached hydrogens (tertiary/aromatic N) is 4. The van der Waals surface area contributed by atoms with Gasteiger partial charge in [-0.05, 0) is 60.9 Å². The third-order valence-corrected chi connectivity index (χ3v) is 6.52. The molecule has 8 heteroatoms. The van der Waals surface area contributed by atoms with Crippen LogP contribution >= 0.6 is 0 Å². The van der Waals surface area contributed by atoms with Crippen LogP contribution in [0.2, 0.25) is 0 Å². The molecule has 2 aromatic carbocycles. The highest BCUT2D eigenvalue weighted by molar-refractivity contribution is 5.87. The van der Waals surface area contributed by atoms with E-state index in [1.165, 1.54) is 11.8 Å². The van der Waals surface area contributed by atoms with Gasteiger partial charge in [0.05, 0.1) is 13.2 Å². The van der Waals surface area contributed by atoms with Gasteiger partial charge >= 0.3 is 11.7 Å². The molecule has 0 amide bonds. The number of oxazole rings is 1. The molecule has 0 aliphatic rings. The average Bonchev–Trinajstić information content (AvgIpc) is 3.50. The van der Waals surface area contributed by atoms with Crippen LogP contribution in [0.4, 0.5) is 0 Å². The number of hydrogen-bond acceptors (Lipinski definition) is 6. The lowest BCUT2D eigenvalue weighted by Gasteiger charge is -2.19. The molecule has 38 heavy (non-hydrogen) atoms. The quantitative estimate of drug-likeness (QED) is 0.262. The smallest absolute Gasteiger partial charge is 0.360 e. The number of rotatable bonds is 10. The first-order valence-electron chi connectivity index (χ1n) is 13.2. The summed E-state index contributed by atoms with van der Waals surface area (Å²) in [4.78, 5) is 29.0. The van der Waals surface area contributed by atoms with Crippen LogP contribution < -0.4 is 5.69 Å². The fourth-order valence-corrected chi connectivity index (χ4v) is 4.34. The predicted octanol–water partition coefficient (Wildman–Crippen LogP) is 5.42. The van der Waals surface area contributed by atoms with E-state index in [2.05, 4.69) is 55.1 Å². The minimum Gasteiger partial charge on any atom is -0.461 e. The van der Waals surface area contributed by atoms with Gasteiger partial charge in [0.2, 0.25) is 5.89 Å². The summed E-state index contributed by atoms with van der Waals surface area (Å²) in [5.74, 6) is 0.697. The average molecular weight is 517 g/mol. The van der Waals surface area contributed by atoms with Crippen molar-refractivity contribution >= 4 is 5.97 Å². The Hall–Kier alpha value is -3.94. The van der Waals surface area contributed by atoms with Crippen LogP contribution in [0.3, 0.4) is 0 Å². The van der Waals surface area contributed by atoms with E-state index >= 15 is 0 Å². The van der Waals surface area contributed by atoms with E-state index in [0.29, 0.717) is 25.4 Å². The van der Waals surface area contributed by atoms with E-state index in [1.807, 2.05) is 31.2 Å². The number of benzene rings is 2. The van der Waals surface area contributed by atoms with Gasteiger partial charge in [0.15, 0.2) is 5.69 Å². The maximum absolute atomic E-state index is 13.0. The summed E-state index contributed by atoms with van der Waals surface area (Å²) in [7, 11) is 0. The van der Waals surface area contributed by atoms with Gasteiger partial charge in [-0.2, -0.15) is 5.10 Å². The molecular formula is C30H36N4O4. The van der Waals surface area contributed by atoms with Crippen molar-refractivity contribution in [3.63, 3.8) is 0 Å². The highest BCUT2D eigenvalue weighted by Crippen LogP contribution is 2.23. The van der Waals surface area contributed by atoms with Crippen LogP contribution in [0.5, 0.6) is 0 Å². The second-order valence-electron chi connectivity index (χ2n) is 10.4. The highest BCUT2D eigenvalue weighted by atomic mass is 16.5. The lowest BCUT2D eigenvalue weighted by Crippen LogP contribution is -2.25. The molecule has 0 aliphatic heterocycles. The summed E-state index contributed by atoms with van der Waals surface area (Å²) in [6.07, 6.45) is 3.74. The van der Waals surface area contributed by atoms with Crippen LogP contribution in [0.1, 0.15) is 74.0 Å². The second kappa shape index (κ2) is 11.6. The Bertz CT molecular complexity index is 1420. The summed E-state index contributed by atoms with van der Waals surface area (Å²) in [6, 6.07) is 16.3. The fraction of sp³-hybridized carbons (Fsp3) is 0.400. The van der Waals surface area contributed by atoms with Gasteiger partial charge in [-0.15, -0.1) is 0 Å². The van der Waals surface area contributed by atoms with Crippen molar-refractivity contribution in [2.24, 2.45) is 0 Å². The number of aromatic nitrogens is 4. The molecule has 2 aromatic heterocycles. The van der Waals surface area contributed by atoms with E-state index in [1.54, 1.807) is 16.2 Å². The lowest BCUT2D eigenvalue weighted by atomic mass is 9.87. The van der Waals surface area contributed by atoms with Crippen molar-refractivity contribution in [1.29, 1.82) is 0 Å². The Morgan fingerprint density at radius 2 is 1.66 bits per heavy atom. The zero-order valence-electron chi connectivity index (χ0n) is 22.9. The Morgan fingerprint density at radius 3 is 2.29 bits per heavy atom. The van der Waals surface area contributed by atoms with Crippen molar-refractivity contribution in [3.8, 4) is 11.5 Å². The van der Waals surface area contributed by atoms with Crippen molar-refractivity contribution in [2.45, 2.75) is 72.4 Å². The Morgan fingerprint density at radius 1 is 0.974 bits per heavy atom. The van der Waals surface area contributed by atoms with Crippen molar-refractivity contribution in [2.75, 3.05) is 6.61 Å². The molecular weight excluding hydrogens is 480 g/mol. The summed E-state index contributed by atoms with van der Waals surface area (Å²) >= 11 is 0. The van der Waals surface area contributed by atoms with Crippen LogP contribution in [0, 0.1) is 0 Å². The summed E-state index contributed by atoms with van der Waals surface area (Å²) in [6.45, 7) is 11.6. The topological polar surface area (TPSA) is 92.1 Å². The van der Waals surface area contributed by atoms with E-state index in [0.717, 1.165) is 35.4 Å². The van der Waals surface area contributed by atoms with Gasteiger partial charge < -0.3 is 9.15 Å². The SMILES string of the molecule is CCOC(=O)c1coc(-c2ccc(CCCc3nn(Cc4ccc(C(C)(C)C)cc4)c(=O)n3CC)cc2)n1. The first-order valence-corrected chi connectivity index (χ1v) is 13.2. The molecule has 200 valence electrons. The van der Waals surface area contributed by atoms with E-state index in [9.17, 15) is 9.59 Å². The Kier molecular flexibility index (Phi) is 8.29. The van der Waals surface area contributed by atoms with Crippen molar-refractivity contribution in [1.82, 2.24) is 19.3 Å². The summed E-state index contributed by atoms with van der Waals surface area (Å²) in [5.41, 5.74) is 4.47. The minimum atomic E-state index is -0.495. The molecule has 4 aromatic rings. The highest BCUT2D eigenvalue weighted by Gasteiger charge is 2.16. The second-order valence-corrected chi connectivity index (χ2v) is 10.4. The monoisotopic (exact) mass is 516 g/mol. The normalized spacial score (nSPS) is 11.6. The molecule has 0 bridgehead atoms. The number of carbonyl (C=O) groups is 1. The van der Waals surface area contributed by atoms with Crippen LogP contribution in [-0.2, 0) is 36.1 Å². The third kappa shape index (κ3) is 6.30. The van der Waals surface area contributed by atoms with Crippen LogP contribution in [0.15, 0.2) is 64.0 Å². The first-order chi connectivity index (χ1) is 18.2. The molecule has 0 N–H and O–H groups in total. The number of esters is 1. The van der Waals surface area contributed by atoms with Gasteiger partial charge in [-0.3, -0.25) is 4.57 Å². The van der Waals surface area contributed by atoms with Gasteiger partial charge in [-0.25, -0.2) is 19.3 Å². The number of hydrogen-bond donors (Lipinski definition) is 0. The predicted molar refractivity (Wildman–Crippen MR) is 146 cm³/mol. The van der Waals surface area contributed by atoms with E-state index in [4.69, 9.17) is 9.15 Å². The Balaban J connectivity index is 1.37. The molecule has 0 unspecified atom stereocenters. The number of carbonyl (C=O) groups excluding carboxylic acids is 1. The molecule has 0 saturated heterocycles. The third-order valence-electron chi connectivity index (χ3n) is 6.52. The van der Waals surface area contributed by atoms with Crippen molar-refractivity contribution in [3.05, 3.63) is 93.5 Å². The van der Waals surface area contributed by atoms with E-state index < -0.39 is 5.97 Å². The van der Waals surface area contributed by atoms with Gasteiger partial charge in [-0.1, -0.05) is 57.2 Å². The minimum absolute atomic E-state index is 0.0695. The first kappa shape index (κ1) is 27.1. The lowest BCUT2D eigenvalue weighted by molar-refractivity contribution is 0.0519. The maximum atomic E-state index is 13.0. The Labute approximate surface area is 223 Å². The molecule has 0 fully saturated rings. The summed E-state index contributed by atoms with van der Waals surface area (Å²) in [5, 5.41) is 4.67. The number of ether oxygens (including phenoxy) is 1. The molecule has 0 saturated carbocycles. The fourth-order valence-electron chi connectivity index (χ4n) is 4.34. The molecule has 4 rings (SSSR count). The molecule has 8 nitrogen and oxygen atoms in total. The van der Waals surface area contributed by atoms with Crippen LogP contribution in [-0.4, -0.2) is 31.9 Å². The largest absolute Gasteiger partial charge is 0.461 e. The molecule has 0 radical (unpaired) electrons. The van der Waals surface area contributed by atoms with Crippen LogP contribution in [0.25, 0.3) is 11.5 Å². The van der Waals surface area contributed by atoms with Gasteiger partial charge in [0, 0.05) is 18.5 Å². The number of aryl methyl sites for hydroxylation is 2. The maximum Gasteiger partial charge on any atom is 0.360 e. The van der Waals surface area contributed by atoms with Gasteiger partial charge in [0.1, 0.15) is 12.1 Å². The zero-order valence-corrected chi connectivity index (χ0v) is 22.9. The molecule has 0 atom stereocenters. The molecule has 0 aliphatic carbocycles. The van der Waals surface area contributed by atoms with E-state index in [-0.39, 0.29) is 23.4 Å². The standard InChI is InChI=1S/C30H36N4O4/c1-6-33-26(32-34(29(33)36)19-22-13-17-24(18-14-22)30(3,4)5)10-8-9-21-11-15-23(16-12-21)27-31-25(20-38-27)28(35)37-7-2/h11-18,20H,6-10,19H2,1-5H3. The van der Waals surface area contributed by atoms with Crippen molar-refractivity contribution < 1.29 is 13.9 Å². The molecule has 2 heterocycles.